The van der Waals surface area contributed by atoms with Gasteiger partial charge in [-0.2, -0.15) is 0 Å². The number of carbonyl (C=O) groups is 2. The summed E-state index contributed by atoms with van der Waals surface area (Å²) in [7, 11) is 1.46. The summed E-state index contributed by atoms with van der Waals surface area (Å²) in [6.07, 6.45) is 0. The lowest BCUT2D eigenvalue weighted by Crippen LogP contribution is -2.36. The molecule has 0 spiro atoms. The number of aliphatic carboxylic acids is 1. The van der Waals surface area contributed by atoms with E-state index in [-0.39, 0.29) is 11.6 Å². The van der Waals surface area contributed by atoms with Gasteiger partial charge in [-0.1, -0.05) is 23.7 Å². The van der Waals surface area contributed by atoms with Crippen LogP contribution >= 0.6 is 11.6 Å². The van der Waals surface area contributed by atoms with E-state index in [4.69, 9.17) is 21.1 Å². The van der Waals surface area contributed by atoms with Crippen molar-refractivity contribution >= 4 is 23.5 Å². The summed E-state index contributed by atoms with van der Waals surface area (Å²) in [5.74, 6) is -0.792. The average Bonchev–Trinajstić information content (AvgIpc) is 2.60. The quantitative estimate of drug-likeness (QED) is 0.773. The van der Waals surface area contributed by atoms with Crippen LogP contribution in [-0.2, 0) is 9.59 Å². The molecule has 0 bridgehead atoms. The highest BCUT2D eigenvalue weighted by Gasteiger charge is 2.23. The highest BCUT2D eigenvalue weighted by molar-refractivity contribution is 6.32. The SMILES string of the molecule is COc1ccc(C(NC(=O)COc2ccc(C)c(C)c2)C(=O)O)cc1Cl. The summed E-state index contributed by atoms with van der Waals surface area (Å²) in [4.78, 5) is 23.6. The number of hydrogen-bond donors (Lipinski definition) is 2. The fraction of sp³-hybridized carbons (Fsp3) is 0.263. The van der Waals surface area contributed by atoms with Gasteiger partial charge in [0.25, 0.3) is 5.91 Å². The van der Waals surface area contributed by atoms with Gasteiger partial charge in [0.05, 0.1) is 12.1 Å². The van der Waals surface area contributed by atoms with Gasteiger partial charge < -0.3 is 19.9 Å². The van der Waals surface area contributed by atoms with Crippen LogP contribution < -0.4 is 14.8 Å². The number of carboxylic acids is 1. The minimum Gasteiger partial charge on any atom is -0.495 e. The summed E-state index contributed by atoms with van der Waals surface area (Å²) in [5.41, 5.74) is 2.49. The first kappa shape index (κ1) is 19.6. The highest BCUT2D eigenvalue weighted by atomic mass is 35.5. The van der Waals surface area contributed by atoms with E-state index in [1.807, 2.05) is 26.0 Å². The molecule has 138 valence electrons. The lowest BCUT2D eigenvalue weighted by Gasteiger charge is -2.16. The normalized spacial score (nSPS) is 11.5. The number of ether oxygens (including phenoxy) is 2. The molecule has 1 unspecified atom stereocenters. The van der Waals surface area contributed by atoms with Crippen LogP contribution in [0.15, 0.2) is 36.4 Å². The smallest absolute Gasteiger partial charge is 0.330 e. The first-order valence-electron chi connectivity index (χ1n) is 7.87. The van der Waals surface area contributed by atoms with Crippen molar-refractivity contribution in [1.29, 1.82) is 0 Å². The van der Waals surface area contributed by atoms with Crippen LogP contribution in [0.5, 0.6) is 11.5 Å². The number of carbonyl (C=O) groups excluding carboxylic acids is 1. The Hall–Kier alpha value is -2.73. The average molecular weight is 378 g/mol. The Kier molecular flexibility index (Phi) is 6.46. The number of aryl methyl sites for hydroxylation is 2. The van der Waals surface area contributed by atoms with Crippen LogP contribution in [-0.4, -0.2) is 30.7 Å². The Labute approximate surface area is 156 Å². The van der Waals surface area contributed by atoms with Crippen LogP contribution in [0, 0.1) is 13.8 Å². The molecule has 0 aliphatic rings. The van der Waals surface area contributed by atoms with E-state index in [1.165, 1.54) is 19.2 Å². The predicted octanol–water partition coefficient (Wildman–Crippen LogP) is 3.29. The summed E-state index contributed by atoms with van der Waals surface area (Å²) in [5, 5.41) is 12.1. The van der Waals surface area contributed by atoms with Gasteiger partial charge >= 0.3 is 5.97 Å². The van der Waals surface area contributed by atoms with Crippen molar-refractivity contribution in [1.82, 2.24) is 5.32 Å². The van der Waals surface area contributed by atoms with Gasteiger partial charge in [0.1, 0.15) is 11.5 Å². The number of methoxy groups -OCH3 is 1. The van der Waals surface area contributed by atoms with Crippen molar-refractivity contribution in [2.75, 3.05) is 13.7 Å². The molecule has 1 amide bonds. The van der Waals surface area contributed by atoms with Gasteiger partial charge in [0.15, 0.2) is 12.6 Å². The van der Waals surface area contributed by atoms with Gasteiger partial charge in [-0.05, 0) is 54.8 Å². The third kappa shape index (κ3) is 4.89. The molecule has 2 aromatic carbocycles. The molecule has 1 atom stereocenters. The highest BCUT2D eigenvalue weighted by Crippen LogP contribution is 2.27. The summed E-state index contributed by atoms with van der Waals surface area (Å²) < 4.78 is 10.5. The zero-order valence-electron chi connectivity index (χ0n) is 14.7. The maximum absolute atomic E-state index is 12.1. The number of nitrogens with one attached hydrogen (secondary N) is 1. The molecular formula is C19H20ClNO5. The molecule has 26 heavy (non-hydrogen) atoms. The van der Waals surface area contributed by atoms with E-state index >= 15 is 0 Å². The number of hydrogen-bond acceptors (Lipinski definition) is 4. The molecule has 2 rings (SSSR count). The number of amides is 1. The minimum absolute atomic E-state index is 0.261. The molecule has 0 aliphatic heterocycles. The van der Waals surface area contributed by atoms with Crippen molar-refractivity contribution < 1.29 is 24.2 Å². The van der Waals surface area contributed by atoms with Crippen molar-refractivity contribution in [3.8, 4) is 11.5 Å². The predicted molar refractivity (Wildman–Crippen MR) is 97.9 cm³/mol. The van der Waals surface area contributed by atoms with Crippen molar-refractivity contribution in [3.05, 3.63) is 58.1 Å². The second kappa shape index (κ2) is 8.58. The maximum Gasteiger partial charge on any atom is 0.330 e. The van der Waals surface area contributed by atoms with Crippen LogP contribution in [0.2, 0.25) is 5.02 Å². The second-order valence-corrected chi connectivity index (χ2v) is 6.17. The van der Waals surface area contributed by atoms with Gasteiger partial charge in [-0.3, -0.25) is 4.79 Å². The zero-order chi connectivity index (χ0) is 19.3. The first-order chi connectivity index (χ1) is 12.3. The Balaban J connectivity index is 2.04. The summed E-state index contributed by atoms with van der Waals surface area (Å²) in [6, 6.07) is 8.76. The van der Waals surface area contributed by atoms with Crippen LogP contribution in [0.3, 0.4) is 0 Å². The molecule has 2 N–H and O–H groups in total. The van der Waals surface area contributed by atoms with Gasteiger partial charge in [-0.25, -0.2) is 4.79 Å². The van der Waals surface area contributed by atoms with E-state index in [9.17, 15) is 14.7 Å². The second-order valence-electron chi connectivity index (χ2n) is 5.77. The van der Waals surface area contributed by atoms with Crippen LogP contribution in [0.1, 0.15) is 22.7 Å². The molecule has 7 heteroatoms. The number of carboxylic acid groups (broad SMARTS) is 1. The summed E-state index contributed by atoms with van der Waals surface area (Å²) >= 11 is 6.03. The molecule has 0 saturated carbocycles. The molecule has 0 aliphatic carbocycles. The lowest BCUT2D eigenvalue weighted by atomic mass is 10.1. The topological polar surface area (TPSA) is 84.9 Å². The van der Waals surface area contributed by atoms with E-state index in [0.29, 0.717) is 17.1 Å². The van der Waals surface area contributed by atoms with Gasteiger partial charge in [0.2, 0.25) is 0 Å². The maximum atomic E-state index is 12.1. The van der Waals surface area contributed by atoms with Crippen molar-refractivity contribution in [2.24, 2.45) is 0 Å². The molecule has 0 fully saturated rings. The third-order valence-electron chi connectivity index (χ3n) is 3.91. The Morgan fingerprint density at radius 2 is 1.88 bits per heavy atom. The number of rotatable bonds is 7. The van der Waals surface area contributed by atoms with Gasteiger partial charge in [-0.15, -0.1) is 0 Å². The standard InChI is InChI=1S/C19H20ClNO5/c1-11-4-6-14(8-12(11)2)26-10-17(22)21-18(19(23)24)13-5-7-16(25-3)15(20)9-13/h4-9,18H,10H2,1-3H3,(H,21,22)(H,23,24). The largest absolute Gasteiger partial charge is 0.495 e. The summed E-state index contributed by atoms with van der Waals surface area (Å²) in [6.45, 7) is 3.62. The molecular weight excluding hydrogens is 358 g/mol. The molecule has 0 heterocycles. The zero-order valence-corrected chi connectivity index (χ0v) is 15.5. The van der Waals surface area contributed by atoms with Gasteiger partial charge in [0, 0.05) is 0 Å². The number of benzene rings is 2. The molecule has 2 aromatic rings. The minimum atomic E-state index is -1.24. The molecule has 0 aromatic heterocycles. The Morgan fingerprint density at radius 3 is 2.46 bits per heavy atom. The number of halogens is 1. The van der Waals surface area contributed by atoms with Crippen molar-refractivity contribution in [3.63, 3.8) is 0 Å². The molecule has 0 radical (unpaired) electrons. The van der Waals surface area contributed by atoms with E-state index in [0.717, 1.165) is 11.1 Å². The lowest BCUT2D eigenvalue weighted by molar-refractivity contribution is -0.142. The van der Waals surface area contributed by atoms with E-state index < -0.39 is 17.9 Å². The van der Waals surface area contributed by atoms with E-state index in [1.54, 1.807) is 12.1 Å². The fourth-order valence-electron chi connectivity index (χ4n) is 2.31. The Bertz CT molecular complexity index is 822. The molecule has 0 saturated heterocycles. The molecule has 6 nitrogen and oxygen atoms in total. The van der Waals surface area contributed by atoms with Crippen LogP contribution in [0.4, 0.5) is 0 Å². The van der Waals surface area contributed by atoms with Crippen molar-refractivity contribution in [2.45, 2.75) is 19.9 Å². The third-order valence-corrected chi connectivity index (χ3v) is 4.21. The Morgan fingerprint density at radius 1 is 1.15 bits per heavy atom. The monoisotopic (exact) mass is 377 g/mol. The van der Waals surface area contributed by atoms with E-state index in [2.05, 4.69) is 5.32 Å². The first-order valence-corrected chi connectivity index (χ1v) is 8.25. The van der Waals surface area contributed by atoms with Crippen LogP contribution in [0.25, 0.3) is 0 Å². The fourth-order valence-corrected chi connectivity index (χ4v) is 2.57.